The molecule has 65 heavy (non-hydrogen) atoms. The van der Waals surface area contributed by atoms with Crippen LogP contribution in [0, 0.1) is 17.8 Å². The predicted octanol–water partition coefficient (Wildman–Crippen LogP) is 6.36. The molecule has 18 unspecified atom stereocenters. The first-order valence-electron chi connectivity index (χ1n) is 23.6. The number of aliphatic hydroxyl groups excluding tert-OH is 5. The summed E-state index contributed by atoms with van der Waals surface area (Å²) in [4.78, 5) is 0. The highest BCUT2D eigenvalue weighted by Crippen LogP contribution is 2.43. The van der Waals surface area contributed by atoms with Crippen LogP contribution in [0.5, 0.6) is 11.5 Å². The molecule has 3 aromatic rings. The minimum absolute atomic E-state index is 0.00617. The Hall–Kier alpha value is -3.16. The number of aryl methyl sites for hydroxylation is 1. The van der Waals surface area contributed by atoms with Crippen LogP contribution in [0.15, 0.2) is 46.9 Å². The van der Waals surface area contributed by atoms with E-state index in [1.807, 2.05) is 52.0 Å². The molecule has 0 bridgehead atoms. The minimum atomic E-state index is -1.38. The van der Waals surface area contributed by atoms with Crippen molar-refractivity contribution in [3.63, 3.8) is 0 Å². The van der Waals surface area contributed by atoms with Crippen molar-refractivity contribution in [2.45, 2.75) is 192 Å². The summed E-state index contributed by atoms with van der Waals surface area (Å²) in [6.45, 7) is 15.7. The number of fused-ring (bicyclic) bond motifs is 3. The molecule has 4 fully saturated rings. The molecule has 7 N–H and O–H groups in total. The fourth-order valence-electron chi connectivity index (χ4n) is 9.33. The zero-order valence-electron chi connectivity index (χ0n) is 39.0. The Morgan fingerprint density at radius 3 is 2.32 bits per heavy atom. The van der Waals surface area contributed by atoms with Crippen LogP contribution in [-0.4, -0.2) is 134 Å². The molecule has 4 aliphatic heterocycles. The van der Waals surface area contributed by atoms with Gasteiger partial charge in [-0.25, -0.2) is 0 Å². The predicted molar refractivity (Wildman–Crippen MR) is 242 cm³/mol. The molecule has 5 heterocycles. The summed E-state index contributed by atoms with van der Waals surface area (Å²) in [7, 11) is 0. The van der Waals surface area contributed by atoms with Gasteiger partial charge in [0.2, 0.25) is 0 Å². The van der Waals surface area contributed by atoms with E-state index in [1.165, 1.54) is 0 Å². The summed E-state index contributed by atoms with van der Waals surface area (Å²) in [6, 6.07) is 7.18. The van der Waals surface area contributed by atoms with Crippen LogP contribution in [0.4, 0.5) is 0 Å². The highest BCUT2D eigenvalue weighted by Gasteiger charge is 2.47. The summed E-state index contributed by atoms with van der Waals surface area (Å²) in [5, 5.41) is 76.4. The van der Waals surface area contributed by atoms with Crippen molar-refractivity contribution < 1.29 is 73.3 Å². The Labute approximate surface area is 381 Å². The molecule has 15 heteroatoms. The van der Waals surface area contributed by atoms with Gasteiger partial charge in [-0.15, -0.1) is 0 Å². The number of ether oxygens (including phenoxy) is 7. The van der Waals surface area contributed by atoms with Crippen molar-refractivity contribution >= 4 is 27.5 Å². The number of phenols is 2. The highest BCUT2D eigenvalue weighted by molar-refractivity contribution is 6.12. The molecule has 0 radical (unpaired) electrons. The van der Waals surface area contributed by atoms with Gasteiger partial charge in [-0.05, 0) is 106 Å². The third kappa shape index (κ3) is 11.6. The molecule has 4 saturated heterocycles. The van der Waals surface area contributed by atoms with Gasteiger partial charge in [0.1, 0.15) is 53.2 Å². The van der Waals surface area contributed by atoms with Crippen LogP contribution in [0.25, 0.3) is 27.5 Å². The maximum absolute atomic E-state index is 11.5. The molecule has 7 rings (SSSR count). The van der Waals surface area contributed by atoms with E-state index < -0.39 is 67.7 Å². The third-order valence-corrected chi connectivity index (χ3v) is 13.9. The number of benzene rings is 2. The van der Waals surface area contributed by atoms with Crippen molar-refractivity contribution in [3.05, 3.63) is 53.6 Å². The first-order valence-corrected chi connectivity index (χ1v) is 23.6. The lowest BCUT2D eigenvalue weighted by Crippen LogP contribution is -2.59. The lowest BCUT2D eigenvalue weighted by molar-refractivity contribution is -0.338. The molecule has 0 aliphatic carbocycles. The second kappa shape index (κ2) is 21.4. The summed E-state index contributed by atoms with van der Waals surface area (Å²) in [6.07, 6.45) is -0.0914. The Bertz CT molecular complexity index is 2090. The number of allylic oxidation sites excluding steroid dienone is 4. The average molecular weight is 913 g/mol. The largest absolute Gasteiger partial charge is 0.507 e. The van der Waals surface area contributed by atoms with Gasteiger partial charge in [0, 0.05) is 12.8 Å². The van der Waals surface area contributed by atoms with E-state index in [0.29, 0.717) is 53.2 Å². The maximum Gasteiger partial charge on any atom is 0.186 e. The standard InChI is InChI=1S/C50H72O15/c1-9-26(4)43(53)49-38(64-49)19-24(2)11-10-12-27(5)32-20-33(51)41-37(21-32)62-36-16-15-31(45(55)42(36)41)14-13-25(3)23-58-50-47(57)46(56)48(30(8)61-50)65-39-18-17-35(28(6)59-39)63-40-22-34(52)44(54)29(7)60-40/h10-12,15-16,20-21,24-26,28-30,34-35,38-40,43-44,46-57H,9,13-14,17-19,22-23H2,1-8H3. The number of hydrogen-bond donors (Lipinski definition) is 7. The van der Waals surface area contributed by atoms with Gasteiger partial charge < -0.3 is 73.3 Å². The van der Waals surface area contributed by atoms with Gasteiger partial charge in [-0.3, -0.25) is 0 Å². The molecule has 4 aliphatic rings. The van der Waals surface area contributed by atoms with Crippen LogP contribution in [0.2, 0.25) is 0 Å². The quantitative estimate of drug-likeness (QED) is 0.0545. The van der Waals surface area contributed by atoms with E-state index in [1.54, 1.807) is 26.0 Å². The van der Waals surface area contributed by atoms with E-state index >= 15 is 0 Å². The van der Waals surface area contributed by atoms with E-state index in [9.17, 15) is 35.7 Å². The van der Waals surface area contributed by atoms with Crippen LogP contribution in [0.3, 0.4) is 0 Å². The zero-order chi connectivity index (χ0) is 46.9. The number of hydrogen-bond acceptors (Lipinski definition) is 15. The fraction of sp³-hybridized carbons (Fsp3) is 0.680. The maximum atomic E-state index is 11.5. The monoisotopic (exact) mass is 912 g/mol. The van der Waals surface area contributed by atoms with E-state index in [2.05, 4.69) is 19.9 Å². The van der Waals surface area contributed by atoms with Gasteiger partial charge in [0.25, 0.3) is 0 Å². The Balaban J connectivity index is 0.877. The zero-order valence-corrected chi connectivity index (χ0v) is 39.0. The second-order valence-corrected chi connectivity index (χ2v) is 19.2. The number of phenolic OH excluding ortho intramolecular Hbond substituents is 2. The van der Waals surface area contributed by atoms with Crippen molar-refractivity contribution in [2.75, 3.05) is 6.61 Å². The van der Waals surface area contributed by atoms with E-state index in [4.69, 9.17) is 37.6 Å². The lowest BCUT2D eigenvalue weighted by Gasteiger charge is -2.44. The van der Waals surface area contributed by atoms with Gasteiger partial charge in [0.15, 0.2) is 18.9 Å². The van der Waals surface area contributed by atoms with Crippen molar-refractivity contribution in [1.29, 1.82) is 0 Å². The second-order valence-electron chi connectivity index (χ2n) is 19.2. The molecule has 0 saturated carbocycles. The number of aliphatic hydroxyl groups is 5. The molecule has 0 spiro atoms. The molecule has 362 valence electrons. The number of epoxide rings is 1. The van der Waals surface area contributed by atoms with E-state index in [-0.39, 0.29) is 66.7 Å². The Kier molecular flexibility index (Phi) is 16.4. The number of aromatic hydroxyl groups is 2. The van der Waals surface area contributed by atoms with E-state index in [0.717, 1.165) is 24.0 Å². The highest BCUT2D eigenvalue weighted by atomic mass is 16.7. The normalized spacial score (nSPS) is 35.4. The van der Waals surface area contributed by atoms with Gasteiger partial charge in [-0.2, -0.15) is 0 Å². The molecule has 15 nitrogen and oxygen atoms in total. The number of rotatable bonds is 18. The molecular weight excluding hydrogens is 841 g/mol. The lowest BCUT2D eigenvalue weighted by atomic mass is 9.94. The van der Waals surface area contributed by atoms with Crippen molar-refractivity contribution in [1.82, 2.24) is 0 Å². The van der Waals surface area contributed by atoms with Gasteiger partial charge in [-0.1, -0.05) is 58.4 Å². The van der Waals surface area contributed by atoms with Gasteiger partial charge >= 0.3 is 0 Å². The summed E-state index contributed by atoms with van der Waals surface area (Å²) >= 11 is 0. The Morgan fingerprint density at radius 2 is 1.60 bits per heavy atom. The summed E-state index contributed by atoms with van der Waals surface area (Å²) in [5.74, 6) is 0.504. The molecule has 2 aromatic carbocycles. The van der Waals surface area contributed by atoms with Gasteiger partial charge in [0.05, 0.1) is 60.1 Å². The summed E-state index contributed by atoms with van der Waals surface area (Å²) < 4.78 is 48.0. The first-order chi connectivity index (χ1) is 30.9. The molecular formula is C50H72O15. The van der Waals surface area contributed by atoms with Crippen molar-refractivity contribution in [2.24, 2.45) is 17.8 Å². The summed E-state index contributed by atoms with van der Waals surface area (Å²) in [5.41, 5.74) is 3.34. The topological polar surface area (TPSA) is 223 Å². The fourth-order valence-corrected chi connectivity index (χ4v) is 9.33. The van der Waals surface area contributed by atoms with Crippen LogP contribution >= 0.6 is 0 Å². The molecule has 0 amide bonds. The third-order valence-electron chi connectivity index (χ3n) is 13.9. The van der Waals surface area contributed by atoms with Crippen molar-refractivity contribution in [3.8, 4) is 11.5 Å². The SMILES string of the molecule is CCC(C)C(O)C1OC1CC(C)C=CC=C(C)c1cc(O)c2c(c1)oc1ccc(CCC(C)COC3OC(C)C(OC4CCC(OC5CC(O)C(O)C(C)O5)C(C)O4)C(O)C3O)c(O)c12. The Morgan fingerprint density at radius 1 is 0.846 bits per heavy atom. The molecule has 1 aromatic heterocycles. The first kappa shape index (κ1) is 49.7. The van der Waals surface area contributed by atoms with Crippen LogP contribution < -0.4 is 0 Å². The number of furan rings is 1. The average Bonchev–Trinajstić information content (AvgIpc) is 3.92. The molecule has 18 atom stereocenters. The van der Waals surface area contributed by atoms with Crippen LogP contribution in [-0.2, 0) is 39.6 Å². The smallest absolute Gasteiger partial charge is 0.186 e. The van der Waals surface area contributed by atoms with Crippen LogP contribution in [0.1, 0.15) is 105 Å². The minimum Gasteiger partial charge on any atom is -0.507 e.